The van der Waals surface area contributed by atoms with Crippen LogP contribution in [0.2, 0.25) is 0 Å². The first kappa shape index (κ1) is 30.4. The summed E-state index contributed by atoms with van der Waals surface area (Å²) in [6.45, 7) is 3.86. The summed E-state index contributed by atoms with van der Waals surface area (Å²) in [6.07, 6.45) is 6.05. The Hall–Kier alpha value is -3.03. The molecule has 0 radical (unpaired) electrons. The average Bonchev–Trinajstić information content (AvgIpc) is 2.91. The second-order valence-corrected chi connectivity index (χ2v) is 14.8. The van der Waals surface area contributed by atoms with E-state index in [0.717, 1.165) is 50.5 Å². The monoisotopic (exact) mass is 662 g/mol. The zero-order valence-corrected chi connectivity index (χ0v) is 25.8. The Bertz CT molecular complexity index is 1500. The van der Waals surface area contributed by atoms with Crippen molar-refractivity contribution in [2.45, 2.75) is 68.8 Å². The van der Waals surface area contributed by atoms with E-state index < -0.39 is 37.0 Å². The number of carbonyl (C=O) groups is 2. The van der Waals surface area contributed by atoms with Gasteiger partial charge in [0.2, 0.25) is 0 Å². The highest BCUT2D eigenvalue weighted by molar-refractivity contribution is 9.10. The molecule has 11 nitrogen and oxygen atoms in total. The van der Waals surface area contributed by atoms with Crippen molar-refractivity contribution in [1.82, 2.24) is 4.72 Å². The van der Waals surface area contributed by atoms with Gasteiger partial charge in [-0.15, -0.1) is 0 Å². The van der Waals surface area contributed by atoms with E-state index in [4.69, 9.17) is 0 Å². The molecule has 226 valence electrons. The smallest absolute Gasteiger partial charge is 0.293 e. The fourth-order valence-corrected chi connectivity index (χ4v) is 7.77. The van der Waals surface area contributed by atoms with E-state index in [0.29, 0.717) is 42.5 Å². The number of hydrogen-bond acceptors (Lipinski definition) is 9. The van der Waals surface area contributed by atoms with Crippen molar-refractivity contribution in [1.29, 1.82) is 0 Å². The van der Waals surface area contributed by atoms with E-state index in [9.17, 15) is 33.2 Å². The van der Waals surface area contributed by atoms with Crippen LogP contribution in [0, 0.1) is 21.4 Å². The van der Waals surface area contributed by atoms with Gasteiger partial charge in [-0.05, 0) is 103 Å². The minimum atomic E-state index is -4.41. The summed E-state index contributed by atoms with van der Waals surface area (Å²) >= 11 is 3.39. The van der Waals surface area contributed by atoms with Gasteiger partial charge in [0.15, 0.2) is 0 Å². The van der Waals surface area contributed by atoms with Crippen LogP contribution in [0.4, 0.5) is 17.1 Å². The fraction of sp³-hybridized carbons (Fsp3) is 0.517. The molecule has 1 amide bonds. The molecule has 5 rings (SSSR count). The van der Waals surface area contributed by atoms with Crippen LogP contribution in [0.15, 0.2) is 45.8 Å². The predicted octanol–water partition coefficient (Wildman–Crippen LogP) is 4.78. The maximum Gasteiger partial charge on any atom is 0.293 e. The summed E-state index contributed by atoms with van der Waals surface area (Å²) in [4.78, 5) is 37.4. The van der Waals surface area contributed by atoms with Gasteiger partial charge in [-0.1, -0.05) is 0 Å². The second kappa shape index (κ2) is 11.6. The van der Waals surface area contributed by atoms with Crippen LogP contribution < -0.4 is 14.9 Å². The number of nitro benzene ring substituents is 1. The second-order valence-electron chi connectivity index (χ2n) is 12.2. The Morgan fingerprint density at radius 2 is 1.79 bits per heavy atom. The number of carbonyl (C=O) groups excluding carboxylic acids is 2. The van der Waals surface area contributed by atoms with Gasteiger partial charge < -0.3 is 15.3 Å². The number of nitrogens with zero attached hydrogens (tertiary/aromatic N) is 2. The van der Waals surface area contributed by atoms with Gasteiger partial charge in [-0.2, -0.15) is 0 Å². The van der Waals surface area contributed by atoms with Crippen LogP contribution in [0.25, 0.3) is 0 Å². The number of sulfonamides is 1. The summed E-state index contributed by atoms with van der Waals surface area (Å²) in [5.74, 6) is -0.306. The van der Waals surface area contributed by atoms with E-state index in [1.54, 1.807) is 25.1 Å². The van der Waals surface area contributed by atoms with Crippen LogP contribution in [0.5, 0.6) is 0 Å². The van der Waals surface area contributed by atoms with Gasteiger partial charge in [0.05, 0.1) is 21.0 Å². The van der Waals surface area contributed by atoms with E-state index in [2.05, 4.69) is 26.1 Å². The molecule has 2 saturated carbocycles. The maximum atomic E-state index is 13.1. The molecule has 2 aromatic carbocycles. The summed E-state index contributed by atoms with van der Waals surface area (Å²) in [6, 6.07) is 8.58. The van der Waals surface area contributed by atoms with Crippen molar-refractivity contribution < 1.29 is 28.0 Å². The average molecular weight is 664 g/mol. The van der Waals surface area contributed by atoms with Gasteiger partial charge in [0.25, 0.3) is 21.6 Å². The maximum absolute atomic E-state index is 13.1. The largest absolute Gasteiger partial charge is 0.390 e. The molecular weight excluding hydrogens is 628 g/mol. The highest BCUT2D eigenvalue weighted by Gasteiger charge is 2.45. The molecule has 3 fully saturated rings. The lowest BCUT2D eigenvalue weighted by Crippen LogP contribution is -2.47. The molecule has 1 saturated heterocycles. The minimum absolute atomic E-state index is 0.111. The zero-order valence-electron chi connectivity index (χ0n) is 23.4. The number of anilines is 2. The number of piperidine rings is 1. The molecule has 2 aromatic rings. The number of ketones is 1. The van der Waals surface area contributed by atoms with Crippen LogP contribution in [0.3, 0.4) is 0 Å². The van der Waals surface area contributed by atoms with Crippen LogP contribution in [-0.2, 0) is 14.8 Å². The van der Waals surface area contributed by atoms with E-state index in [1.807, 2.05) is 4.72 Å². The van der Waals surface area contributed by atoms with Crippen LogP contribution >= 0.6 is 15.9 Å². The third kappa shape index (κ3) is 6.63. The Kier molecular flexibility index (Phi) is 8.38. The Balaban J connectivity index is 1.23. The predicted molar refractivity (Wildman–Crippen MR) is 161 cm³/mol. The number of aliphatic hydroxyl groups is 1. The van der Waals surface area contributed by atoms with Crippen molar-refractivity contribution in [3.05, 3.63) is 56.5 Å². The molecule has 2 aliphatic carbocycles. The molecule has 0 atom stereocenters. The quantitative estimate of drug-likeness (QED) is 0.267. The Morgan fingerprint density at radius 1 is 1.12 bits per heavy atom. The third-order valence-corrected chi connectivity index (χ3v) is 11.0. The Morgan fingerprint density at radius 3 is 2.38 bits per heavy atom. The lowest BCUT2D eigenvalue weighted by molar-refractivity contribution is -0.384. The first-order valence-electron chi connectivity index (χ1n) is 14.1. The molecule has 1 heterocycles. The summed E-state index contributed by atoms with van der Waals surface area (Å²) < 4.78 is 28.6. The minimum Gasteiger partial charge on any atom is -0.390 e. The number of nitro groups is 1. The lowest BCUT2D eigenvalue weighted by atomic mass is 9.62. The first-order valence-corrected chi connectivity index (χ1v) is 16.4. The lowest BCUT2D eigenvalue weighted by Gasteiger charge is -2.47. The number of Topliss-reactive ketones (excluding diaryl/α,β-unsaturated/α-hetero) is 1. The summed E-state index contributed by atoms with van der Waals surface area (Å²) in [7, 11) is -4.41. The SMILES string of the molecule is CC1(O)CCC(CNc2ccc(S(=O)(=O)NC(=O)c3ccc(N4CCC5(CC4)CC(=O)C5)cc3Br)cc2[N+](=O)[O-])CC1. The van der Waals surface area contributed by atoms with Gasteiger partial charge >= 0.3 is 0 Å². The number of rotatable bonds is 8. The molecule has 3 aliphatic rings. The standard InChI is InChI=1S/C29H35BrN4O7S/c1-28(37)8-6-19(7-9-28)18-31-25-5-3-22(15-26(25)34(38)39)42(40,41)32-27(36)23-4-2-20(14-24(23)30)33-12-10-29(11-13-33)16-21(35)17-29/h2-5,14-15,19,31,37H,6-13,16-18H2,1H3,(H,32,36). The first-order chi connectivity index (χ1) is 19.8. The van der Waals surface area contributed by atoms with Crippen molar-refractivity contribution in [2.24, 2.45) is 11.3 Å². The number of halogens is 1. The van der Waals surface area contributed by atoms with E-state index >= 15 is 0 Å². The molecule has 0 aromatic heterocycles. The van der Waals surface area contributed by atoms with Crippen molar-refractivity contribution in [2.75, 3.05) is 29.9 Å². The van der Waals surface area contributed by atoms with Crippen molar-refractivity contribution in [3.63, 3.8) is 0 Å². The summed E-state index contributed by atoms with van der Waals surface area (Å²) in [5, 5.41) is 25.0. The van der Waals surface area contributed by atoms with Gasteiger partial charge in [-0.25, -0.2) is 13.1 Å². The number of hydrogen-bond donors (Lipinski definition) is 3. The number of nitrogens with one attached hydrogen (secondary N) is 2. The van der Waals surface area contributed by atoms with Gasteiger partial charge in [-0.3, -0.25) is 19.7 Å². The highest BCUT2D eigenvalue weighted by atomic mass is 79.9. The van der Waals surface area contributed by atoms with Crippen molar-refractivity contribution >= 4 is 54.7 Å². The highest BCUT2D eigenvalue weighted by Crippen LogP contribution is 2.47. The molecule has 42 heavy (non-hydrogen) atoms. The van der Waals surface area contributed by atoms with Crippen molar-refractivity contribution in [3.8, 4) is 0 Å². The molecule has 13 heteroatoms. The third-order valence-electron chi connectivity index (χ3n) is 9.00. The van der Waals surface area contributed by atoms with Gasteiger partial charge in [0.1, 0.15) is 11.5 Å². The molecule has 1 aliphatic heterocycles. The van der Waals surface area contributed by atoms with Gasteiger partial charge in [0, 0.05) is 48.7 Å². The molecule has 3 N–H and O–H groups in total. The van der Waals surface area contributed by atoms with E-state index in [1.165, 1.54) is 12.1 Å². The van der Waals surface area contributed by atoms with E-state index in [-0.39, 0.29) is 22.6 Å². The normalized spacial score (nSPS) is 23.7. The zero-order chi connectivity index (χ0) is 30.3. The number of amides is 1. The topological polar surface area (TPSA) is 159 Å². The van der Waals surface area contributed by atoms with Crippen LogP contribution in [0.1, 0.15) is 68.6 Å². The number of benzene rings is 2. The Labute approximate surface area is 253 Å². The molecule has 1 spiro atoms. The molecule has 0 bridgehead atoms. The molecule has 0 unspecified atom stereocenters. The van der Waals surface area contributed by atoms with Crippen LogP contribution in [-0.4, -0.2) is 55.4 Å². The summed E-state index contributed by atoms with van der Waals surface area (Å²) in [5.41, 5.74) is 0.234. The molecular formula is C29H35BrN4O7S. The fourth-order valence-electron chi connectivity index (χ4n) is 6.24.